The van der Waals surface area contributed by atoms with Crippen LogP contribution in [0, 0.1) is 5.92 Å². The minimum absolute atomic E-state index is 0.00423. The predicted molar refractivity (Wildman–Crippen MR) is 124 cm³/mol. The zero-order valence-corrected chi connectivity index (χ0v) is 18.5. The van der Waals surface area contributed by atoms with E-state index >= 15 is 0 Å². The molecule has 5 rings (SSSR count). The summed E-state index contributed by atoms with van der Waals surface area (Å²) in [6.07, 6.45) is 10.6. The molecule has 2 N–H and O–H groups in total. The fourth-order valence-corrected chi connectivity index (χ4v) is 4.56. The second-order valence-corrected chi connectivity index (χ2v) is 9.05. The second kappa shape index (κ2) is 8.73. The molecule has 0 radical (unpaired) electrons. The number of carbonyl (C=O) groups excluding carboxylic acids is 2. The Labute approximate surface area is 191 Å². The van der Waals surface area contributed by atoms with Gasteiger partial charge in [0, 0.05) is 38.1 Å². The zero-order valence-electron chi connectivity index (χ0n) is 18.5. The maximum absolute atomic E-state index is 13.2. The fraction of sp³-hybridized carbons (Fsp3) is 0.417. The van der Waals surface area contributed by atoms with Gasteiger partial charge in [-0.3, -0.25) is 14.4 Å². The number of rotatable bonds is 6. The highest BCUT2D eigenvalue weighted by molar-refractivity contribution is 5.94. The Morgan fingerprint density at radius 3 is 2.67 bits per heavy atom. The van der Waals surface area contributed by atoms with E-state index in [1.54, 1.807) is 30.9 Å². The molecule has 2 amide bonds. The number of hydrogen-bond acceptors (Lipinski definition) is 5. The lowest BCUT2D eigenvalue weighted by Gasteiger charge is -2.39. The molecule has 0 bridgehead atoms. The van der Waals surface area contributed by atoms with Gasteiger partial charge in [0.1, 0.15) is 6.54 Å². The monoisotopic (exact) mass is 448 g/mol. The summed E-state index contributed by atoms with van der Waals surface area (Å²) in [5.74, 6) is 0.466. The van der Waals surface area contributed by atoms with Gasteiger partial charge in [0.25, 0.3) is 11.5 Å². The molecule has 0 aromatic carbocycles. The molecule has 1 saturated heterocycles. The minimum atomic E-state index is -0.340. The predicted octanol–water partition coefficient (Wildman–Crippen LogP) is 1.62. The molecule has 2 fully saturated rings. The Bertz CT molecular complexity index is 1240. The topological polar surface area (TPSA) is 106 Å². The number of anilines is 1. The van der Waals surface area contributed by atoms with E-state index in [0.29, 0.717) is 31.1 Å². The maximum Gasteiger partial charge on any atom is 0.274 e. The lowest BCUT2D eigenvalue weighted by molar-refractivity contribution is -0.135. The smallest absolute Gasteiger partial charge is 0.274 e. The van der Waals surface area contributed by atoms with E-state index in [1.165, 1.54) is 4.57 Å². The van der Waals surface area contributed by atoms with Gasteiger partial charge in [-0.1, -0.05) is 0 Å². The lowest BCUT2D eigenvalue weighted by Crippen LogP contribution is -2.50. The normalized spacial score (nSPS) is 16.8. The number of amides is 2. The van der Waals surface area contributed by atoms with Crippen molar-refractivity contribution in [3.63, 3.8) is 0 Å². The van der Waals surface area contributed by atoms with Crippen LogP contribution in [0.25, 0.3) is 5.52 Å². The molecule has 33 heavy (non-hydrogen) atoms. The van der Waals surface area contributed by atoms with Crippen molar-refractivity contribution in [2.45, 2.75) is 38.3 Å². The second-order valence-electron chi connectivity index (χ2n) is 9.05. The number of fused-ring (bicyclic) bond motifs is 1. The number of nitrogens with zero attached hydrogens (tertiary/aromatic N) is 5. The number of nitrogen functional groups attached to an aromatic ring is 1. The number of imidazole rings is 1. The summed E-state index contributed by atoms with van der Waals surface area (Å²) in [5.41, 5.74) is 7.09. The van der Waals surface area contributed by atoms with E-state index in [4.69, 9.17) is 5.73 Å². The van der Waals surface area contributed by atoms with Crippen LogP contribution in [0.4, 0.5) is 5.69 Å². The van der Waals surface area contributed by atoms with E-state index in [2.05, 4.69) is 4.98 Å². The van der Waals surface area contributed by atoms with Crippen molar-refractivity contribution in [1.82, 2.24) is 23.8 Å². The van der Waals surface area contributed by atoms with Gasteiger partial charge in [0.15, 0.2) is 0 Å². The number of hydrogen-bond donors (Lipinski definition) is 1. The van der Waals surface area contributed by atoms with Crippen LogP contribution in [0.15, 0.2) is 54.0 Å². The molecule has 2 aliphatic rings. The third-order valence-electron chi connectivity index (χ3n) is 6.67. The Morgan fingerprint density at radius 2 is 1.91 bits per heavy atom. The Balaban J connectivity index is 1.25. The molecule has 9 heteroatoms. The highest BCUT2D eigenvalue weighted by atomic mass is 16.2. The van der Waals surface area contributed by atoms with Crippen molar-refractivity contribution in [2.24, 2.45) is 5.92 Å². The van der Waals surface area contributed by atoms with Crippen LogP contribution < -0.4 is 11.3 Å². The van der Waals surface area contributed by atoms with E-state index in [9.17, 15) is 14.4 Å². The summed E-state index contributed by atoms with van der Waals surface area (Å²) in [6.45, 7) is 1.89. The maximum atomic E-state index is 13.2. The molecule has 3 aromatic rings. The van der Waals surface area contributed by atoms with Crippen LogP contribution >= 0.6 is 0 Å². The average molecular weight is 449 g/mol. The van der Waals surface area contributed by atoms with Gasteiger partial charge in [0.2, 0.25) is 5.91 Å². The molecule has 1 aliphatic heterocycles. The third kappa shape index (κ3) is 4.48. The van der Waals surface area contributed by atoms with Gasteiger partial charge in [-0.15, -0.1) is 0 Å². The first-order valence-corrected chi connectivity index (χ1v) is 11.4. The summed E-state index contributed by atoms with van der Waals surface area (Å²) < 4.78 is 3.22. The van der Waals surface area contributed by atoms with E-state index < -0.39 is 0 Å². The average Bonchev–Trinajstić information content (AvgIpc) is 3.53. The molecular weight excluding hydrogens is 420 g/mol. The first-order valence-electron chi connectivity index (χ1n) is 11.4. The summed E-state index contributed by atoms with van der Waals surface area (Å²) in [5, 5.41) is 0. The van der Waals surface area contributed by atoms with E-state index in [-0.39, 0.29) is 35.6 Å². The van der Waals surface area contributed by atoms with Gasteiger partial charge in [-0.25, -0.2) is 4.98 Å². The summed E-state index contributed by atoms with van der Waals surface area (Å²) in [7, 11) is 0. The van der Waals surface area contributed by atoms with Crippen molar-refractivity contribution in [1.29, 1.82) is 0 Å². The first kappa shape index (κ1) is 21.2. The number of aromatic nitrogens is 3. The van der Waals surface area contributed by atoms with Gasteiger partial charge in [-0.05, 0) is 55.9 Å². The van der Waals surface area contributed by atoms with Crippen molar-refractivity contribution >= 4 is 23.0 Å². The number of carbonyl (C=O) groups is 2. The summed E-state index contributed by atoms with van der Waals surface area (Å²) >= 11 is 0. The molecule has 1 saturated carbocycles. The van der Waals surface area contributed by atoms with E-state index in [1.807, 2.05) is 32.5 Å². The highest BCUT2D eigenvalue weighted by Gasteiger charge is 2.34. The van der Waals surface area contributed by atoms with Crippen LogP contribution in [0.3, 0.4) is 0 Å². The molecule has 9 nitrogen and oxygen atoms in total. The lowest BCUT2D eigenvalue weighted by atomic mass is 10.0. The summed E-state index contributed by atoms with van der Waals surface area (Å²) in [4.78, 5) is 46.4. The highest BCUT2D eigenvalue weighted by Crippen LogP contribution is 2.32. The standard InChI is InChI=1S/C24H28N6O3/c25-21-2-1-9-28(24(21)33)15-22(31)30(13-17-3-4-17)19-7-10-27(11-8-19)23(32)18-5-6-20-12-26-16-29(20)14-18/h1-2,5-6,9,12,14,16-17,19H,3-4,7-8,10-11,13,15,25H2. The molecule has 0 spiro atoms. The first-order chi connectivity index (χ1) is 16.0. The van der Waals surface area contributed by atoms with Crippen LogP contribution in [-0.4, -0.2) is 61.2 Å². The minimum Gasteiger partial charge on any atom is -0.394 e. The number of nitrogens with two attached hydrogens (primary N) is 1. The Morgan fingerprint density at radius 1 is 1.12 bits per heavy atom. The van der Waals surface area contributed by atoms with Crippen LogP contribution in [-0.2, 0) is 11.3 Å². The largest absolute Gasteiger partial charge is 0.394 e. The SMILES string of the molecule is Nc1cccn(CC(=O)N(CC2CC2)C2CCN(C(=O)c3ccc4cncn4c3)CC2)c1=O. The van der Waals surface area contributed by atoms with Crippen LogP contribution in [0.1, 0.15) is 36.0 Å². The van der Waals surface area contributed by atoms with Gasteiger partial charge >= 0.3 is 0 Å². The van der Waals surface area contributed by atoms with Crippen molar-refractivity contribution < 1.29 is 9.59 Å². The van der Waals surface area contributed by atoms with Crippen molar-refractivity contribution in [3.8, 4) is 0 Å². The van der Waals surface area contributed by atoms with E-state index in [0.717, 1.165) is 31.2 Å². The third-order valence-corrected chi connectivity index (χ3v) is 6.67. The number of piperidine rings is 1. The molecule has 4 heterocycles. The zero-order chi connectivity index (χ0) is 22.9. The molecule has 0 unspecified atom stereocenters. The molecule has 3 aromatic heterocycles. The quantitative estimate of drug-likeness (QED) is 0.617. The number of pyridine rings is 2. The molecule has 1 aliphatic carbocycles. The van der Waals surface area contributed by atoms with Gasteiger partial charge in [-0.2, -0.15) is 0 Å². The Hall–Kier alpha value is -3.62. The van der Waals surface area contributed by atoms with Crippen LogP contribution in [0.2, 0.25) is 0 Å². The van der Waals surface area contributed by atoms with Gasteiger partial charge < -0.3 is 24.5 Å². The molecular formula is C24H28N6O3. The summed E-state index contributed by atoms with van der Waals surface area (Å²) in [6, 6.07) is 7.01. The molecule has 0 atom stereocenters. The van der Waals surface area contributed by atoms with Gasteiger partial charge in [0.05, 0.1) is 29.3 Å². The number of likely N-dealkylation sites (tertiary alicyclic amines) is 1. The van der Waals surface area contributed by atoms with Crippen molar-refractivity contribution in [3.05, 3.63) is 65.1 Å². The van der Waals surface area contributed by atoms with Crippen molar-refractivity contribution in [2.75, 3.05) is 25.4 Å². The fourth-order valence-electron chi connectivity index (χ4n) is 4.56. The molecule has 172 valence electrons. The Kier molecular flexibility index (Phi) is 5.62. The van der Waals surface area contributed by atoms with Crippen LogP contribution in [0.5, 0.6) is 0 Å².